The summed E-state index contributed by atoms with van der Waals surface area (Å²) in [6.07, 6.45) is 7.07. The Bertz CT molecular complexity index is 2530. The third kappa shape index (κ3) is 4.83. The number of nitrogens with zero attached hydrogens (tertiary/aromatic N) is 2. The van der Waals surface area contributed by atoms with Crippen LogP contribution in [0.25, 0.3) is 11.1 Å². The molecular formula is C51H41BN2O. The largest absolute Gasteiger partial charge is 0.458 e. The van der Waals surface area contributed by atoms with Gasteiger partial charge in [0.05, 0.1) is 5.69 Å². The highest BCUT2D eigenvalue weighted by molar-refractivity contribution is 6.99. The van der Waals surface area contributed by atoms with Crippen LogP contribution in [-0.2, 0) is 5.41 Å². The SMILES string of the molecule is c1ccc(-c2ccc3c(c2)B2c4ccccc4Oc4cc(N(c5ccccc5)c5ccccc5)cc(c42)N3c2ccc(C34CC5CC(C3)C(C5)C4)cc2)cc1. The number of hydrogen-bond acceptors (Lipinski definition) is 3. The maximum atomic E-state index is 6.99. The molecule has 4 fully saturated rings. The van der Waals surface area contributed by atoms with Crippen LogP contribution in [0.15, 0.2) is 170 Å². The van der Waals surface area contributed by atoms with Crippen molar-refractivity contribution in [3.63, 3.8) is 0 Å². The van der Waals surface area contributed by atoms with Crippen molar-refractivity contribution in [1.29, 1.82) is 0 Å². The Morgan fingerprint density at radius 3 is 1.87 bits per heavy atom. The minimum atomic E-state index is 0.0170. The van der Waals surface area contributed by atoms with Crippen molar-refractivity contribution in [3.05, 3.63) is 175 Å². The molecule has 2 aliphatic heterocycles. The summed E-state index contributed by atoms with van der Waals surface area (Å²) in [7, 11) is 0. The van der Waals surface area contributed by atoms with Crippen molar-refractivity contribution >= 4 is 57.2 Å². The highest BCUT2D eigenvalue weighted by Gasteiger charge is 2.56. The Labute approximate surface area is 323 Å². The molecule has 6 aliphatic rings. The lowest BCUT2D eigenvalue weighted by Gasteiger charge is -2.42. The van der Waals surface area contributed by atoms with Crippen molar-refractivity contribution in [2.24, 2.45) is 17.8 Å². The predicted octanol–water partition coefficient (Wildman–Crippen LogP) is 11.3. The zero-order valence-electron chi connectivity index (χ0n) is 30.8. The van der Waals surface area contributed by atoms with Gasteiger partial charge in [-0.05, 0) is 143 Å². The molecule has 4 bridgehead atoms. The molecule has 0 amide bonds. The van der Waals surface area contributed by atoms with Gasteiger partial charge in [-0.2, -0.15) is 0 Å². The second-order valence-electron chi connectivity index (χ2n) is 16.7. The number of rotatable bonds is 6. The summed E-state index contributed by atoms with van der Waals surface area (Å²) in [5, 5.41) is 0. The van der Waals surface area contributed by atoms with E-state index in [1.54, 1.807) is 5.56 Å². The van der Waals surface area contributed by atoms with Gasteiger partial charge in [0.15, 0.2) is 0 Å². The molecule has 7 aromatic carbocycles. The summed E-state index contributed by atoms with van der Waals surface area (Å²) >= 11 is 0. The van der Waals surface area contributed by atoms with Crippen molar-refractivity contribution in [2.75, 3.05) is 9.80 Å². The molecule has 2 unspecified atom stereocenters. The molecule has 3 nitrogen and oxygen atoms in total. The van der Waals surface area contributed by atoms with Crippen molar-refractivity contribution in [1.82, 2.24) is 0 Å². The van der Waals surface area contributed by atoms with Crippen LogP contribution in [0, 0.1) is 17.8 Å². The van der Waals surface area contributed by atoms with Crippen molar-refractivity contribution in [2.45, 2.75) is 37.5 Å². The average Bonchev–Trinajstić information content (AvgIpc) is 3.67. The standard InChI is InChI=1S/C51H41BN2O/c1-4-12-35(13-5-1)36-20-25-46-45(28-36)52-44-18-10-11-19-48(44)55-49-30-43(53(40-14-6-2-7-15-40)41-16-8-3-9-17-41)29-47(50(49)52)54(46)42-23-21-39(22-24-42)51-31-34-26-37(32-51)38(27-34)33-51/h1-25,28-30,34,37-38H,26-27,31-33H2. The molecule has 7 aromatic rings. The fraction of sp³-hybridized carbons (Fsp3) is 0.176. The first kappa shape index (κ1) is 31.4. The molecule has 264 valence electrons. The molecular weight excluding hydrogens is 667 g/mol. The van der Waals surface area contributed by atoms with Crippen LogP contribution in [0.1, 0.15) is 37.7 Å². The van der Waals surface area contributed by atoms with Crippen LogP contribution in [0.2, 0.25) is 0 Å². The number of anilines is 6. The van der Waals surface area contributed by atoms with Gasteiger partial charge in [0, 0.05) is 34.5 Å². The van der Waals surface area contributed by atoms with Crippen LogP contribution in [0.5, 0.6) is 11.5 Å². The van der Waals surface area contributed by atoms with E-state index in [9.17, 15) is 0 Å². The molecule has 0 N–H and O–H groups in total. The zero-order valence-corrected chi connectivity index (χ0v) is 30.8. The zero-order chi connectivity index (χ0) is 36.1. The third-order valence-electron chi connectivity index (χ3n) is 13.7. The molecule has 0 aromatic heterocycles. The third-order valence-corrected chi connectivity index (χ3v) is 13.7. The summed E-state index contributed by atoms with van der Waals surface area (Å²) in [5.41, 5.74) is 14.9. The van der Waals surface area contributed by atoms with E-state index in [1.807, 2.05) is 0 Å². The molecule has 13 rings (SSSR count). The molecule has 4 heteroatoms. The Morgan fingerprint density at radius 2 is 1.18 bits per heavy atom. The summed E-state index contributed by atoms with van der Waals surface area (Å²) in [5.74, 6) is 4.64. The normalized spacial score (nSPS) is 22.1. The smallest absolute Gasteiger partial charge is 0.256 e. The van der Waals surface area contributed by atoms with Crippen LogP contribution in [-0.4, -0.2) is 6.71 Å². The van der Waals surface area contributed by atoms with Gasteiger partial charge in [-0.25, -0.2) is 0 Å². The number of ether oxygens (including phenoxy) is 1. The lowest BCUT2D eigenvalue weighted by molar-refractivity contribution is 0.229. The molecule has 4 aliphatic carbocycles. The van der Waals surface area contributed by atoms with E-state index in [2.05, 4.69) is 180 Å². The van der Waals surface area contributed by atoms with Crippen LogP contribution in [0.3, 0.4) is 0 Å². The van der Waals surface area contributed by atoms with Gasteiger partial charge in [-0.1, -0.05) is 109 Å². The van der Waals surface area contributed by atoms with E-state index in [0.717, 1.165) is 52.0 Å². The van der Waals surface area contributed by atoms with Gasteiger partial charge >= 0.3 is 0 Å². The lowest BCUT2D eigenvalue weighted by Crippen LogP contribution is -2.59. The summed E-state index contributed by atoms with van der Waals surface area (Å²) in [4.78, 5) is 4.88. The van der Waals surface area contributed by atoms with Gasteiger partial charge in [0.2, 0.25) is 0 Å². The van der Waals surface area contributed by atoms with E-state index in [-0.39, 0.29) is 6.71 Å². The van der Waals surface area contributed by atoms with Gasteiger partial charge in [0.1, 0.15) is 11.5 Å². The Balaban J connectivity index is 1.08. The molecule has 0 spiro atoms. The van der Waals surface area contributed by atoms with E-state index >= 15 is 0 Å². The van der Waals surface area contributed by atoms with E-state index in [1.165, 1.54) is 71.0 Å². The second-order valence-corrected chi connectivity index (χ2v) is 16.7. The molecule has 0 saturated heterocycles. The molecule has 2 heterocycles. The maximum Gasteiger partial charge on any atom is 0.256 e. The number of hydrogen-bond donors (Lipinski definition) is 0. The first-order valence-electron chi connectivity index (χ1n) is 20.1. The first-order valence-corrected chi connectivity index (χ1v) is 20.1. The monoisotopic (exact) mass is 708 g/mol. The van der Waals surface area contributed by atoms with Crippen LogP contribution < -0.4 is 30.9 Å². The number of para-hydroxylation sites is 3. The molecule has 2 atom stereocenters. The second kappa shape index (κ2) is 12.0. The average molecular weight is 709 g/mol. The Morgan fingerprint density at radius 1 is 0.527 bits per heavy atom. The minimum absolute atomic E-state index is 0.0170. The van der Waals surface area contributed by atoms with Gasteiger partial charge < -0.3 is 14.5 Å². The Kier molecular flexibility index (Phi) is 6.84. The van der Waals surface area contributed by atoms with E-state index < -0.39 is 0 Å². The lowest BCUT2D eigenvalue weighted by atomic mass is 9.34. The highest BCUT2D eigenvalue weighted by atomic mass is 16.5. The van der Waals surface area contributed by atoms with Gasteiger partial charge in [-0.3, -0.25) is 0 Å². The van der Waals surface area contributed by atoms with Gasteiger partial charge in [0.25, 0.3) is 6.71 Å². The summed E-state index contributed by atoms with van der Waals surface area (Å²) in [6.45, 7) is 0.0170. The molecule has 55 heavy (non-hydrogen) atoms. The topological polar surface area (TPSA) is 15.7 Å². The molecule has 4 saturated carbocycles. The van der Waals surface area contributed by atoms with E-state index in [0.29, 0.717) is 5.41 Å². The Hall–Kier alpha value is -6.00. The number of fused-ring (bicyclic) bond motifs is 4. The highest BCUT2D eigenvalue weighted by Crippen LogP contribution is 2.65. The maximum absolute atomic E-state index is 6.99. The van der Waals surface area contributed by atoms with Crippen molar-refractivity contribution < 1.29 is 4.74 Å². The molecule has 0 radical (unpaired) electrons. The van der Waals surface area contributed by atoms with Crippen LogP contribution >= 0.6 is 0 Å². The predicted molar refractivity (Wildman–Crippen MR) is 228 cm³/mol. The van der Waals surface area contributed by atoms with E-state index in [4.69, 9.17) is 4.74 Å². The van der Waals surface area contributed by atoms with Gasteiger partial charge in [-0.15, -0.1) is 0 Å². The fourth-order valence-corrected chi connectivity index (χ4v) is 11.6. The summed E-state index contributed by atoms with van der Waals surface area (Å²) in [6, 6.07) is 62.4. The summed E-state index contributed by atoms with van der Waals surface area (Å²) < 4.78 is 6.99. The van der Waals surface area contributed by atoms with Crippen molar-refractivity contribution in [3.8, 4) is 22.6 Å². The minimum Gasteiger partial charge on any atom is -0.458 e. The quantitative estimate of drug-likeness (QED) is 0.160. The number of benzene rings is 7. The first-order chi connectivity index (χ1) is 27.2. The van der Waals surface area contributed by atoms with Crippen LogP contribution in [0.4, 0.5) is 34.1 Å². The fourth-order valence-electron chi connectivity index (χ4n) is 11.6.